The monoisotopic (exact) mass is 795 g/mol. The van der Waals surface area contributed by atoms with E-state index in [2.05, 4.69) is 221 Å². The van der Waals surface area contributed by atoms with Gasteiger partial charge in [-0.1, -0.05) is 161 Å². The lowest BCUT2D eigenvalue weighted by Gasteiger charge is -2.26. The van der Waals surface area contributed by atoms with Crippen LogP contribution in [0.2, 0.25) is 0 Å². The van der Waals surface area contributed by atoms with Gasteiger partial charge in [-0.15, -0.1) is 0 Å². The molecule has 1 heterocycles. The molecule has 0 spiro atoms. The Hall–Kier alpha value is -7.42. The summed E-state index contributed by atoms with van der Waals surface area (Å²) in [4.78, 5) is 2.37. The summed E-state index contributed by atoms with van der Waals surface area (Å²) >= 11 is 0. The molecular formula is C60H45NO. The molecule has 0 amide bonds. The highest BCUT2D eigenvalue weighted by molar-refractivity contribution is 6.06. The first-order valence-corrected chi connectivity index (χ1v) is 21.7. The minimum atomic E-state index is -0.0456. The van der Waals surface area contributed by atoms with Gasteiger partial charge in [0.2, 0.25) is 0 Å². The molecule has 2 aliphatic carbocycles. The Labute approximate surface area is 363 Å². The number of hydrogen-bond donors (Lipinski definition) is 0. The summed E-state index contributed by atoms with van der Waals surface area (Å²) in [5, 5.41) is 2.28. The Morgan fingerprint density at radius 2 is 0.677 bits per heavy atom. The van der Waals surface area contributed by atoms with Gasteiger partial charge in [0.15, 0.2) is 0 Å². The molecule has 1 aromatic heterocycles. The molecule has 2 heteroatoms. The van der Waals surface area contributed by atoms with E-state index in [9.17, 15) is 0 Å². The molecule has 0 saturated carbocycles. The van der Waals surface area contributed by atoms with E-state index in [0.717, 1.165) is 50.1 Å². The molecule has 10 aromatic rings. The summed E-state index contributed by atoms with van der Waals surface area (Å²) in [5.41, 5.74) is 23.2. The normalized spacial score (nSPS) is 14.1. The van der Waals surface area contributed by atoms with Crippen LogP contribution in [-0.2, 0) is 10.8 Å². The lowest BCUT2D eigenvalue weighted by atomic mass is 9.81. The molecule has 0 aliphatic heterocycles. The van der Waals surface area contributed by atoms with Crippen molar-refractivity contribution in [3.8, 4) is 55.6 Å². The van der Waals surface area contributed by atoms with Crippen LogP contribution in [0.4, 0.5) is 17.1 Å². The number of para-hydroxylation sites is 1. The average molecular weight is 796 g/mol. The van der Waals surface area contributed by atoms with Crippen molar-refractivity contribution in [2.24, 2.45) is 0 Å². The maximum Gasteiger partial charge on any atom is 0.135 e. The van der Waals surface area contributed by atoms with E-state index >= 15 is 0 Å². The molecule has 0 atom stereocenters. The van der Waals surface area contributed by atoms with E-state index in [0.29, 0.717) is 0 Å². The Kier molecular flexibility index (Phi) is 7.96. The van der Waals surface area contributed by atoms with Crippen LogP contribution in [0.25, 0.3) is 77.6 Å². The van der Waals surface area contributed by atoms with Crippen molar-refractivity contribution in [2.45, 2.75) is 38.5 Å². The van der Waals surface area contributed by atoms with Gasteiger partial charge in [0.25, 0.3) is 0 Å². The second kappa shape index (κ2) is 13.5. The molecule has 12 rings (SSSR count). The average Bonchev–Trinajstić information content (AvgIpc) is 3.89. The van der Waals surface area contributed by atoms with Gasteiger partial charge in [-0.2, -0.15) is 0 Å². The van der Waals surface area contributed by atoms with Gasteiger partial charge in [0.1, 0.15) is 11.2 Å². The van der Waals surface area contributed by atoms with E-state index in [1.54, 1.807) is 0 Å². The fraction of sp³-hybridized carbons (Fsp3) is 0.100. The van der Waals surface area contributed by atoms with Crippen LogP contribution in [-0.4, -0.2) is 0 Å². The number of fused-ring (bicyclic) bond motifs is 9. The van der Waals surface area contributed by atoms with E-state index in [1.807, 2.05) is 12.1 Å². The number of hydrogen-bond acceptors (Lipinski definition) is 2. The smallest absolute Gasteiger partial charge is 0.135 e. The zero-order valence-corrected chi connectivity index (χ0v) is 35.4. The van der Waals surface area contributed by atoms with E-state index in [1.165, 1.54) is 66.8 Å². The van der Waals surface area contributed by atoms with Crippen molar-refractivity contribution in [3.63, 3.8) is 0 Å². The Morgan fingerprint density at radius 1 is 0.306 bits per heavy atom. The highest BCUT2D eigenvalue weighted by atomic mass is 16.3. The number of nitrogens with zero attached hydrogens (tertiary/aromatic N) is 1. The highest BCUT2D eigenvalue weighted by Crippen LogP contribution is 2.51. The molecule has 0 bridgehead atoms. The van der Waals surface area contributed by atoms with Crippen molar-refractivity contribution in [1.29, 1.82) is 0 Å². The Bertz CT molecular complexity index is 3230. The Morgan fingerprint density at radius 3 is 1.18 bits per heavy atom. The third-order valence-corrected chi connectivity index (χ3v) is 13.9. The third-order valence-electron chi connectivity index (χ3n) is 13.9. The number of furan rings is 1. The van der Waals surface area contributed by atoms with E-state index in [-0.39, 0.29) is 10.8 Å². The van der Waals surface area contributed by atoms with Crippen LogP contribution in [0.5, 0.6) is 0 Å². The minimum Gasteiger partial charge on any atom is -0.456 e. The largest absolute Gasteiger partial charge is 0.456 e. The van der Waals surface area contributed by atoms with Crippen LogP contribution < -0.4 is 4.90 Å². The predicted octanol–water partition coefficient (Wildman–Crippen LogP) is 16.7. The first kappa shape index (κ1) is 36.4. The van der Waals surface area contributed by atoms with Crippen molar-refractivity contribution in [2.75, 3.05) is 4.90 Å². The van der Waals surface area contributed by atoms with Crippen molar-refractivity contribution in [3.05, 3.63) is 222 Å². The zero-order valence-electron chi connectivity index (χ0n) is 35.4. The fourth-order valence-electron chi connectivity index (χ4n) is 10.5. The molecule has 296 valence electrons. The first-order chi connectivity index (χ1) is 30.2. The minimum absolute atomic E-state index is 0.0456. The van der Waals surface area contributed by atoms with Crippen LogP contribution >= 0.6 is 0 Å². The van der Waals surface area contributed by atoms with Crippen molar-refractivity contribution in [1.82, 2.24) is 0 Å². The maximum atomic E-state index is 6.14. The van der Waals surface area contributed by atoms with Crippen LogP contribution in [0.15, 0.2) is 205 Å². The SMILES string of the molecule is CC1(C)c2ccccc2-c2ccc(-c3ccc(N(c4ccc(-c5ccc6c(c5)C(C)(C)c5ccccc5-6)cc4)c4ccc(-c5ccc6oc7ccccc7c6c5)cc4)cc3)cc21. The molecule has 0 radical (unpaired) electrons. The number of benzene rings is 9. The highest BCUT2D eigenvalue weighted by Gasteiger charge is 2.36. The lowest BCUT2D eigenvalue weighted by molar-refractivity contribution is 0.660. The summed E-state index contributed by atoms with van der Waals surface area (Å²) in [5.74, 6) is 0. The lowest BCUT2D eigenvalue weighted by Crippen LogP contribution is -2.14. The fourth-order valence-corrected chi connectivity index (χ4v) is 10.5. The zero-order chi connectivity index (χ0) is 41.7. The molecule has 2 aliphatic rings. The van der Waals surface area contributed by atoms with Gasteiger partial charge in [-0.3, -0.25) is 0 Å². The molecule has 62 heavy (non-hydrogen) atoms. The maximum absolute atomic E-state index is 6.14. The summed E-state index contributed by atoms with van der Waals surface area (Å²) in [6.07, 6.45) is 0. The van der Waals surface area contributed by atoms with Crippen LogP contribution in [0.3, 0.4) is 0 Å². The molecular weight excluding hydrogens is 751 g/mol. The second-order valence-corrected chi connectivity index (χ2v) is 18.1. The molecule has 0 unspecified atom stereocenters. The first-order valence-electron chi connectivity index (χ1n) is 21.7. The van der Waals surface area contributed by atoms with Gasteiger partial charge in [-0.05, 0) is 145 Å². The summed E-state index contributed by atoms with van der Waals surface area (Å²) in [6.45, 7) is 9.39. The molecule has 9 aromatic carbocycles. The standard InChI is InChI=1S/C60H45NO/c1-59(2)53-14-8-5-11-47(53)49-32-23-42(36-55(49)59)39-19-28-45(29-20-39)61(44-26-17-38(18-27-44)41-25-34-58-52(35-41)51-13-7-10-16-57(51)62-58)46-30-21-40(22-31-46)43-24-33-50-48-12-6-9-15-54(48)60(3,4)56(50)37-43/h5-37H,1-4H3. The predicted molar refractivity (Wildman–Crippen MR) is 260 cm³/mol. The van der Waals surface area contributed by atoms with E-state index < -0.39 is 0 Å². The Balaban J connectivity index is 0.908. The topological polar surface area (TPSA) is 16.4 Å². The van der Waals surface area contributed by atoms with Crippen molar-refractivity contribution >= 4 is 39.0 Å². The molecule has 2 nitrogen and oxygen atoms in total. The number of rotatable bonds is 6. The quantitative estimate of drug-likeness (QED) is 0.167. The van der Waals surface area contributed by atoms with E-state index in [4.69, 9.17) is 4.42 Å². The van der Waals surface area contributed by atoms with Gasteiger partial charge >= 0.3 is 0 Å². The molecule has 0 fully saturated rings. The van der Waals surface area contributed by atoms with Gasteiger partial charge in [0.05, 0.1) is 0 Å². The van der Waals surface area contributed by atoms with Crippen molar-refractivity contribution < 1.29 is 4.42 Å². The van der Waals surface area contributed by atoms with Gasteiger partial charge in [-0.25, -0.2) is 0 Å². The molecule has 0 N–H and O–H groups in total. The second-order valence-electron chi connectivity index (χ2n) is 18.1. The summed E-state index contributed by atoms with van der Waals surface area (Å²) in [7, 11) is 0. The summed E-state index contributed by atoms with van der Waals surface area (Å²) < 4.78 is 6.14. The van der Waals surface area contributed by atoms with Crippen LogP contribution in [0.1, 0.15) is 49.9 Å². The van der Waals surface area contributed by atoms with Gasteiger partial charge in [0, 0.05) is 38.7 Å². The molecule has 0 saturated heterocycles. The third kappa shape index (κ3) is 5.56. The van der Waals surface area contributed by atoms with Crippen LogP contribution in [0, 0.1) is 0 Å². The summed E-state index contributed by atoms with van der Waals surface area (Å²) in [6, 6.07) is 73.6. The van der Waals surface area contributed by atoms with Gasteiger partial charge < -0.3 is 9.32 Å². The number of anilines is 3.